The fourth-order valence-electron chi connectivity index (χ4n) is 2.51. The lowest BCUT2D eigenvalue weighted by Crippen LogP contribution is -2.38. The van der Waals surface area contributed by atoms with Crippen LogP contribution < -0.4 is 5.32 Å². The van der Waals surface area contributed by atoms with Crippen LogP contribution in [0.3, 0.4) is 0 Å². The molecule has 0 spiro atoms. The maximum atomic E-state index is 11.7. The van der Waals surface area contributed by atoms with Crippen LogP contribution in [0.2, 0.25) is 0 Å². The van der Waals surface area contributed by atoms with Crippen LogP contribution in [0.15, 0.2) is 52.8 Å². The Labute approximate surface area is 120 Å². The van der Waals surface area contributed by atoms with E-state index in [0.717, 1.165) is 11.1 Å². The molecular formula is C16H13NO4. The van der Waals surface area contributed by atoms with Gasteiger partial charge in [0, 0.05) is 6.42 Å². The van der Waals surface area contributed by atoms with Crippen LogP contribution in [-0.2, 0) is 9.59 Å². The largest absolute Gasteiger partial charge is 0.511 e. The van der Waals surface area contributed by atoms with Crippen molar-refractivity contribution in [2.75, 3.05) is 0 Å². The van der Waals surface area contributed by atoms with Gasteiger partial charge in [0.1, 0.15) is 11.5 Å². The molecule has 0 radical (unpaired) electrons. The molecule has 5 nitrogen and oxygen atoms in total. The molecule has 3 rings (SSSR count). The van der Waals surface area contributed by atoms with E-state index in [1.807, 2.05) is 6.08 Å². The summed E-state index contributed by atoms with van der Waals surface area (Å²) in [5.41, 5.74) is 2.41. The van der Waals surface area contributed by atoms with Crippen molar-refractivity contribution in [3.05, 3.63) is 58.4 Å². The number of fused-ring (bicyclic) bond motifs is 1. The molecule has 2 aliphatic rings. The molecule has 0 saturated carbocycles. The van der Waals surface area contributed by atoms with Crippen LogP contribution in [0.4, 0.5) is 0 Å². The van der Waals surface area contributed by atoms with Gasteiger partial charge >= 0.3 is 0 Å². The van der Waals surface area contributed by atoms with Crippen molar-refractivity contribution in [3.8, 4) is 5.75 Å². The third-order valence-corrected chi connectivity index (χ3v) is 3.42. The van der Waals surface area contributed by atoms with Gasteiger partial charge in [0.15, 0.2) is 0 Å². The SMILES string of the molecule is O=C1CC2=CC(=Cc3ccc(O)cc3)CC(O)=C2C(=O)N1. The second-order valence-corrected chi connectivity index (χ2v) is 5.03. The Balaban J connectivity index is 1.96. The second-order valence-electron chi connectivity index (χ2n) is 5.03. The number of imide groups is 1. The molecule has 3 N–H and O–H groups in total. The normalized spacial score (nSPS) is 20.2. The Bertz CT molecular complexity index is 723. The lowest BCUT2D eigenvalue weighted by molar-refractivity contribution is -0.129. The van der Waals surface area contributed by atoms with Crippen molar-refractivity contribution >= 4 is 17.9 Å². The molecule has 1 aliphatic carbocycles. The maximum Gasteiger partial charge on any atom is 0.261 e. The smallest absolute Gasteiger partial charge is 0.261 e. The topological polar surface area (TPSA) is 86.6 Å². The van der Waals surface area contributed by atoms with Gasteiger partial charge in [0.25, 0.3) is 5.91 Å². The van der Waals surface area contributed by atoms with Gasteiger partial charge in [0.05, 0.1) is 12.0 Å². The van der Waals surface area contributed by atoms with Crippen molar-refractivity contribution in [1.82, 2.24) is 5.32 Å². The number of phenols is 1. The molecule has 0 aromatic heterocycles. The number of benzene rings is 1. The maximum absolute atomic E-state index is 11.7. The van der Waals surface area contributed by atoms with Crippen LogP contribution in [0.5, 0.6) is 5.75 Å². The van der Waals surface area contributed by atoms with Crippen LogP contribution >= 0.6 is 0 Å². The molecule has 2 amide bonds. The van der Waals surface area contributed by atoms with E-state index in [1.165, 1.54) is 0 Å². The van der Waals surface area contributed by atoms with Crippen molar-refractivity contribution in [3.63, 3.8) is 0 Å². The number of nitrogens with one attached hydrogen (secondary N) is 1. The summed E-state index contributed by atoms with van der Waals surface area (Å²) in [6.07, 6.45) is 3.92. The minimum Gasteiger partial charge on any atom is -0.511 e. The van der Waals surface area contributed by atoms with Gasteiger partial charge in [0.2, 0.25) is 5.91 Å². The molecule has 21 heavy (non-hydrogen) atoms. The summed E-state index contributed by atoms with van der Waals surface area (Å²) < 4.78 is 0. The zero-order valence-electron chi connectivity index (χ0n) is 11.1. The zero-order valence-corrected chi connectivity index (χ0v) is 11.1. The van der Waals surface area contributed by atoms with Gasteiger partial charge < -0.3 is 10.2 Å². The first-order chi connectivity index (χ1) is 10.0. The highest BCUT2D eigenvalue weighted by Gasteiger charge is 2.31. The fourth-order valence-corrected chi connectivity index (χ4v) is 2.51. The summed E-state index contributed by atoms with van der Waals surface area (Å²) in [7, 11) is 0. The number of aliphatic hydroxyl groups excluding tert-OH is 1. The number of carbonyl (C=O) groups is 2. The average Bonchev–Trinajstić information content (AvgIpc) is 2.40. The first kappa shape index (κ1) is 13.2. The lowest BCUT2D eigenvalue weighted by Gasteiger charge is -2.23. The Morgan fingerprint density at radius 3 is 2.48 bits per heavy atom. The monoisotopic (exact) mass is 283 g/mol. The number of allylic oxidation sites excluding steroid dienone is 2. The number of hydrogen-bond donors (Lipinski definition) is 3. The van der Waals surface area contributed by atoms with Crippen LogP contribution in [0.25, 0.3) is 6.08 Å². The first-order valence-electron chi connectivity index (χ1n) is 6.50. The van der Waals surface area contributed by atoms with Gasteiger partial charge in [-0.3, -0.25) is 14.9 Å². The Hall–Kier alpha value is -2.82. The third kappa shape index (κ3) is 2.58. The molecule has 1 aromatic rings. The molecule has 106 valence electrons. The van der Waals surface area contributed by atoms with Gasteiger partial charge in [-0.25, -0.2) is 0 Å². The highest BCUT2D eigenvalue weighted by molar-refractivity contribution is 6.12. The second kappa shape index (κ2) is 4.94. The molecule has 0 bridgehead atoms. The number of hydrogen-bond acceptors (Lipinski definition) is 4. The molecule has 1 heterocycles. The van der Waals surface area contributed by atoms with Gasteiger partial charge in [-0.2, -0.15) is 0 Å². The van der Waals surface area contributed by atoms with Crippen molar-refractivity contribution in [2.24, 2.45) is 0 Å². The first-order valence-corrected chi connectivity index (χ1v) is 6.50. The highest BCUT2D eigenvalue weighted by Crippen LogP contribution is 2.32. The van der Waals surface area contributed by atoms with Crippen molar-refractivity contribution in [1.29, 1.82) is 0 Å². The molecule has 1 fully saturated rings. The Morgan fingerprint density at radius 1 is 1.05 bits per heavy atom. The Morgan fingerprint density at radius 2 is 1.76 bits per heavy atom. The molecule has 1 saturated heterocycles. The molecule has 5 heteroatoms. The number of carbonyl (C=O) groups excluding carboxylic acids is 2. The average molecular weight is 283 g/mol. The minimum atomic E-state index is -0.543. The number of aliphatic hydroxyl groups is 1. The van der Waals surface area contributed by atoms with Gasteiger partial charge in [-0.1, -0.05) is 24.3 Å². The number of phenolic OH excluding ortho intramolecular Hbond substituents is 1. The van der Waals surface area contributed by atoms with Gasteiger partial charge in [-0.05, 0) is 28.8 Å². The Kier molecular flexibility index (Phi) is 3.10. The van der Waals surface area contributed by atoms with E-state index in [0.29, 0.717) is 5.57 Å². The van der Waals surface area contributed by atoms with E-state index in [-0.39, 0.29) is 35.8 Å². The number of rotatable bonds is 1. The van der Waals surface area contributed by atoms with Crippen LogP contribution in [0, 0.1) is 0 Å². The summed E-state index contributed by atoms with van der Waals surface area (Å²) in [5.74, 6) is -0.756. The molecule has 0 unspecified atom stereocenters. The van der Waals surface area contributed by atoms with Gasteiger partial charge in [-0.15, -0.1) is 0 Å². The summed E-state index contributed by atoms with van der Waals surface area (Å²) in [6.45, 7) is 0. The van der Waals surface area contributed by atoms with E-state index in [1.54, 1.807) is 30.3 Å². The van der Waals surface area contributed by atoms with E-state index < -0.39 is 5.91 Å². The number of amides is 2. The molecule has 1 aliphatic heterocycles. The quantitative estimate of drug-likeness (QED) is 0.688. The van der Waals surface area contributed by atoms with E-state index >= 15 is 0 Å². The van der Waals surface area contributed by atoms with Crippen LogP contribution in [0.1, 0.15) is 18.4 Å². The lowest BCUT2D eigenvalue weighted by atomic mass is 9.87. The van der Waals surface area contributed by atoms with Crippen LogP contribution in [-0.4, -0.2) is 22.0 Å². The predicted molar refractivity (Wildman–Crippen MR) is 76.2 cm³/mol. The summed E-state index contributed by atoms with van der Waals surface area (Å²) in [5, 5.41) is 21.5. The summed E-state index contributed by atoms with van der Waals surface area (Å²) in [6, 6.07) is 6.63. The number of aromatic hydroxyl groups is 1. The van der Waals surface area contributed by atoms with E-state index in [2.05, 4.69) is 5.32 Å². The standard InChI is InChI=1S/C16H13NO4/c18-12-3-1-9(2-4-12)5-10-6-11-8-14(20)17-16(21)15(11)13(19)7-10/h1-6,18-19H,7-8H2,(H,17,20,21). The van der Waals surface area contributed by atoms with Crippen molar-refractivity contribution in [2.45, 2.75) is 12.8 Å². The number of piperidine rings is 1. The minimum absolute atomic E-state index is 0.0254. The third-order valence-electron chi connectivity index (χ3n) is 3.42. The van der Waals surface area contributed by atoms with E-state index in [4.69, 9.17) is 0 Å². The highest BCUT2D eigenvalue weighted by atomic mass is 16.3. The summed E-state index contributed by atoms with van der Waals surface area (Å²) in [4.78, 5) is 23.1. The summed E-state index contributed by atoms with van der Waals surface area (Å²) >= 11 is 0. The predicted octanol–water partition coefficient (Wildman–Crippen LogP) is 1.96. The van der Waals surface area contributed by atoms with E-state index in [9.17, 15) is 19.8 Å². The molecular weight excluding hydrogens is 270 g/mol. The molecule has 0 atom stereocenters. The molecule has 1 aromatic carbocycles. The fraction of sp³-hybridized carbons (Fsp3) is 0.125. The van der Waals surface area contributed by atoms with Crippen molar-refractivity contribution < 1.29 is 19.8 Å². The zero-order chi connectivity index (χ0) is 15.0.